The van der Waals surface area contributed by atoms with E-state index in [4.69, 9.17) is 4.74 Å². The van der Waals surface area contributed by atoms with Gasteiger partial charge in [0.25, 0.3) is 5.69 Å². The molecule has 0 bridgehead atoms. The number of nitrogens with one attached hydrogen (secondary N) is 1. The second kappa shape index (κ2) is 6.53. The fourth-order valence-corrected chi connectivity index (χ4v) is 1.95. The number of carbonyl (C=O) groups is 1. The Morgan fingerprint density at radius 3 is 2.67 bits per heavy atom. The Morgan fingerprint density at radius 1 is 1.52 bits per heavy atom. The molecule has 2 rings (SSSR count). The number of hydrogen-bond acceptors (Lipinski definition) is 5. The Bertz CT molecular complexity index is 517. The van der Waals surface area contributed by atoms with Gasteiger partial charge in [0.15, 0.2) is 0 Å². The maximum atomic E-state index is 11.6. The van der Waals surface area contributed by atoms with Crippen molar-refractivity contribution >= 4 is 11.6 Å². The molecule has 0 heterocycles. The van der Waals surface area contributed by atoms with Crippen LogP contribution in [0.4, 0.5) is 5.69 Å². The number of aliphatic hydroxyl groups excluding tert-OH is 1. The Morgan fingerprint density at radius 2 is 2.14 bits per heavy atom. The minimum absolute atomic E-state index is 0.0122. The summed E-state index contributed by atoms with van der Waals surface area (Å²) in [6, 6.07) is 5.60. The predicted molar refractivity (Wildman–Crippen MR) is 74.9 cm³/mol. The number of ether oxygens (including phenoxy) is 1. The van der Waals surface area contributed by atoms with Crippen molar-refractivity contribution in [2.45, 2.75) is 19.4 Å². The summed E-state index contributed by atoms with van der Waals surface area (Å²) in [4.78, 5) is 21.6. The molecular weight excluding hydrogens is 276 g/mol. The maximum Gasteiger partial charge on any atom is 0.269 e. The van der Waals surface area contributed by atoms with Crippen molar-refractivity contribution in [3.05, 3.63) is 34.4 Å². The van der Waals surface area contributed by atoms with Crippen LogP contribution in [0.1, 0.15) is 13.3 Å². The molecule has 114 valence electrons. The molecule has 1 aliphatic rings. The van der Waals surface area contributed by atoms with Crippen molar-refractivity contribution in [2.24, 2.45) is 11.8 Å². The molecule has 1 saturated carbocycles. The summed E-state index contributed by atoms with van der Waals surface area (Å²) in [6.45, 7) is 2.16. The van der Waals surface area contributed by atoms with Gasteiger partial charge < -0.3 is 15.2 Å². The highest BCUT2D eigenvalue weighted by atomic mass is 16.6. The first kappa shape index (κ1) is 15.2. The molecule has 1 aromatic carbocycles. The Labute approximate surface area is 122 Å². The van der Waals surface area contributed by atoms with Gasteiger partial charge in [0.05, 0.1) is 4.92 Å². The molecule has 7 nitrogen and oxygen atoms in total. The van der Waals surface area contributed by atoms with Crippen molar-refractivity contribution in [3.63, 3.8) is 0 Å². The lowest BCUT2D eigenvalue weighted by atomic mass is 10.3. The van der Waals surface area contributed by atoms with Crippen molar-refractivity contribution < 1.29 is 19.6 Å². The van der Waals surface area contributed by atoms with Gasteiger partial charge in [-0.05, 0) is 24.5 Å². The van der Waals surface area contributed by atoms with Crippen LogP contribution in [0.3, 0.4) is 0 Å². The first-order chi connectivity index (χ1) is 9.97. The Balaban J connectivity index is 1.69. The van der Waals surface area contributed by atoms with Gasteiger partial charge in [-0.25, -0.2) is 0 Å². The molecule has 1 fully saturated rings. The molecule has 0 spiro atoms. The third-order valence-electron chi connectivity index (χ3n) is 3.45. The number of nitro groups is 1. The van der Waals surface area contributed by atoms with Crippen LogP contribution >= 0.6 is 0 Å². The van der Waals surface area contributed by atoms with E-state index in [1.165, 1.54) is 24.3 Å². The summed E-state index contributed by atoms with van der Waals surface area (Å²) in [6.07, 6.45) is 0.0829. The van der Waals surface area contributed by atoms with Crippen molar-refractivity contribution in [1.29, 1.82) is 0 Å². The SMILES string of the molecule is C[C@@H]1C[C@@H]1C(=O)NC[C@H](O)COc1ccc([N+](=O)[O-])cc1. The van der Waals surface area contributed by atoms with E-state index in [1.54, 1.807) is 0 Å². The highest BCUT2D eigenvalue weighted by Crippen LogP contribution is 2.37. The number of aliphatic hydroxyl groups is 1. The summed E-state index contributed by atoms with van der Waals surface area (Å²) in [5.74, 6) is 0.907. The highest BCUT2D eigenvalue weighted by molar-refractivity contribution is 5.81. The molecule has 2 N–H and O–H groups in total. The average molecular weight is 294 g/mol. The van der Waals surface area contributed by atoms with E-state index >= 15 is 0 Å². The smallest absolute Gasteiger partial charge is 0.269 e. The van der Waals surface area contributed by atoms with Crippen LogP contribution in [0, 0.1) is 22.0 Å². The molecule has 1 amide bonds. The fraction of sp³-hybridized carbons (Fsp3) is 0.500. The number of hydrogen-bond donors (Lipinski definition) is 2. The highest BCUT2D eigenvalue weighted by Gasteiger charge is 2.38. The monoisotopic (exact) mass is 294 g/mol. The topological polar surface area (TPSA) is 102 Å². The molecule has 1 aromatic rings. The summed E-state index contributed by atoms with van der Waals surface area (Å²) in [7, 11) is 0. The van der Waals surface area contributed by atoms with Gasteiger partial charge in [-0.1, -0.05) is 6.92 Å². The number of nitrogens with zero attached hydrogens (tertiary/aromatic N) is 1. The average Bonchev–Trinajstić information content (AvgIpc) is 3.20. The zero-order valence-corrected chi connectivity index (χ0v) is 11.7. The summed E-state index contributed by atoms with van der Waals surface area (Å²) < 4.78 is 5.31. The largest absolute Gasteiger partial charge is 0.491 e. The zero-order valence-electron chi connectivity index (χ0n) is 11.7. The lowest BCUT2D eigenvalue weighted by Gasteiger charge is -2.13. The van der Waals surface area contributed by atoms with Crippen LogP contribution in [0.15, 0.2) is 24.3 Å². The summed E-state index contributed by atoms with van der Waals surface area (Å²) in [5, 5.41) is 22.9. The Kier molecular flexibility index (Phi) is 4.74. The minimum Gasteiger partial charge on any atom is -0.491 e. The van der Waals surface area contributed by atoms with Gasteiger partial charge in [-0.15, -0.1) is 0 Å². The predicted octanol–water partition coefficient (Wildman–Crippen LogP) is 1.11. The number of nitro benzene ring substituents is 1. The van der Waals surface area contributed by atoms with Gasteiger partial charge in [0, 0.05) is 24.6 Å². The van der Waals surface area contributed by atoms with E-state index < -0.39 is 11.0 Å². The lowest BCUT2D eigenvalue weighted by molar-refractivity contribution is -0.384. The standard InChI is InChI=1S/C14H18N2O5/c1-9-6-13(9)14(18)15-7-11(17)8-21-12-4-2-10(3-5-12)16(19)20/h2-5,9,11,13,17H,6-8H2,1H3,(H,15,18)/t9-,11+,13+/m1/s1. The second-order valence-electron chi connectivity index (χ2n) is 5.28. The van der Waals surface area contributed by atoms with E-state index in [0.29, 0.717) is 11.7 Å². The molecule has 0 aliphatic heterocycles. The van der Waals surface area contributed by atoms with Crippen molar-refractivity contribution in [2.75, 3.05) is 13.2 Å². The van der Waals surface area contributed by atoms with Crippen LogP contribution in [-0.4, -0.2) is 35.2 Å². The molecule has 21 heavy (non-hydrogen) atoms. The molecule has 0 unspecified atom stereocenters. The van der Waals surface area contributed by atoms with E-state index in [0.717, 1.165) is 6.42 Å². The van der Waals surface area contributed by atoms with Gasteiger partial charge in [0.2, 0.25) is 5.91 Å². The third kappa shape index (κ3) is 4.42. The fourth-order valence-electron chi connectivity index (χ4n) is 1.95. The van der Waals surface area contributed by atoms with Gasteiger partial charge >= 0.3 is 0 Å². The van der Waals surface area contributed by atoms with Crippen molar-refractivity contribution in [1.82, 2.24) is 5.32 Å². The first-order valence-electron chi connectivity index (χ1n) is 6.80. The quantitative estimate of drug-likeness (QED) is 0.579. The van der Waals surface area contributed by atoms with Crippen LogP contribution in [-0.2, 0) is 4.79 Å². The van der Waals surface area contributed by atoms with Crippen LogP contribution in [0.25, 0.3) is 0 Å². The maximum absolute atomic E-state index is 11.6. The zero-order chi connectivity index (χ0) is 15.4. The molecular formula is C14H18N2O5. The second-order valence-corrected chi connectivity index (χ2v) is 5.28. The van der Waals surface area contributed by atoms with Crippen LogP contribution in [0.5, 0.6) is 5.75 Å². The molecule has 7 heteroatoms. The number of carbonyl (C=O) groups excluding carboxylic acids is 1. The molecule has 3 atom stereocenters. The normalized spacial score (nSPS) is 21.4. The molecule has 0 radical (unpaired) electrons. The lowest BCUT2D eigenvalue weighted by Crippen LogP contribution is -2.36. The number of amides is 1. The van der Waals surface area contributed by atoms with Gasteiger partial charge in [0.1, 0.15) is 18.5 Å². The third-order valence-corrected chi connectivity index (χ3v) is 3.45. The van der Waals surface area contributed by atoms with Gasteiger partial charge in [-0.3, -0.25) is 14.9 Å². The molecule has 0 saturated heterocycles. The summed E-state index contributed by atoms with van der Waals surface area (Å²) >= 11 is 0. The first-order valence-corrected chi connectivity index (χ1v) is 6.80. The van der Waals surface area contributed by atoms with Gasteiger partial charge in [-0.2, -0.15) is 0 Å². The minimum atomic E-state index is -0.821. The molecule has 1 aliphatic carbocycles. The number of non-ortho nitro benzene ring substituents is 1. The Hall–Kier alpha value is -2.15. The van der Waals surface area contributed by atoms with E-state index in [2.05, 4.69) is 5.32 Å². The summed E-state index contributed by atoms with van der Waals surface area (Å²) in [5.41, 5.74) is -0.0197. The molecule has 0 aromatic heterocycles. The van der Waals surface area contributed by atoms with E-state index in [-0.39, 0.29) is 30.7 Å². The van der Waals surface area contributed by atoms with E-state index in [9.17, 15) is 20.0 Å². The van der Waals surface area contributed by atoms with Crippen LogP contribution in [0.2, 0.25) is 0 Å². The number of rotatable bonds is 7. The van der Waals surface area contributed by atoms with Crippen LogP contribution < -0.4 is 10.1 Å². The number of benzene rings is 1. The van der Waals surface area contributed by atoms with E-state index in [1.807, 2.05) is 6.92 Å². The van der Waals surface area contributed by atoms with Crippen molar-refractivity contribution in [3.8, 4) is 5.75 Å².